The minimum absolute atomic E-state index is 0.393. The zero-order chi connectivity index (χ0) is 17.6. The van der Waals surface area contributed by atoms with Gasteiger partial charge < -0.3 is 0 Å². The summed E-state index contributed by atoms with van der Waals surface area (Å²) in [6, 6.07) is 16.9. The van der Waals surface area contributed by atoms with Gasteiger partial charge in [0.1, 0.15) is 0 Å². The Kier molecular flexibility index (Phi) is 3.46. The number of hydrogen-bond donors (Lipinski definition) is 0. The fraction of sp³-hybridized carbons (Fsp3) is 0.0952. The Labute approximate surface area is 145 Å². The topological polar surface area (TPSA) is 49.7 Å². The fourth-order valence-corrected chi connectivity index (χ4v) is 3.21. The van der Waals surface area contributed by atoms with Gasteiger partial charge >= 0.3 is 0 Å². The quantitative estimate of drug-likeness (QED) is 0.525. The highest BCUT2D eigenvalue weighted by Gasteiger charge is 2.32. The van der Waals surface area contributed by atoms with Crippen molar-refractivity contribution in [2.45, 2.75) is 13.8 Å². The molecule has 0 bridgehead atoms. The van der Waals surface area contributed by atoms with Gasteiger partial charge in [0.05, 0.1) is 17.3 Å². The van der Waals surface area contributed by atoms with Gasteiger partial charge in [-0.15, -0.1) is 0 Å². The van der Waals surface area contributed by atoms with Crippen molar-refractivity contribution in [1.29, 1.82) is 0 Å². The predicted molar refractivity (Wildman–Crippen MR) is 98.0 cm³/mol. The molecule has 0 radical (unpaired) electrons. The first kappa shape index (κ1) is 15.3. The molecular weight excluding hydrogens is 312 g/mol. The van der Waals surface area contributed by atoms with E-state index in [1.165, 1.54) is 0 Å². The molecule has 0 atom stereocenters. The number of rotatable bonds is 2. The summed E-state index contributed by atoms with van der Waals surface area (Å²) in [5.74, 6) is -0.786. The first-order valence-electron chi connectivity index (χ1n) is 8.08. The molecule has 0 saturated carbocycles. The third kappa shape index (κ3) is 2.43. The lowest BCUT2D eigenvalue weighted by molar-refractivity contribution is 0.0616. The van der Waals surface area contributed by atoms with Crippen LogP contribution in [-0.4, -0.2) is 23.0 Å². The van der Waals surface area contributed by atoms with Crippen LogP contribution in [0.2, 0.25) is 0 Å². The molecule has 0 saturated heterocycles. The van der Waals surface area contributed by atoms with E-state index in [0.29, 0.717) is 16.5 Å². The molecular formula is C21H16N2O2. The van der Waals surface area contributed by atoms with E-state index >= 15 is 0 Å². The van der Waals surface area contributed by atoms with Gasteiger partial charge in [0.2, 0.25) is 0 Å². The van der Waals surface area contributed by atoms with Crippen LogP contribution in [0.1, 0.15) is 37.4 Å². The Bertz CT molecular complexity index is 1020. The van der Waals surface area contributed by atoms with Crippen LogP contribution in [0.4, 0.5) is 0 Å². The monoisotopic (exact) mass is 328 g/mol. The summed E-state index contributed by atoms with van der Waals surface area (Å²) in [7, 11) is 0. The molecule has 2 amide bonds. The van der Waals surface area contributed by atoms with E-state index in [0.717, 1.165) is 27.1 Å². The van der Waals surface area contributed by atoms with E-state index in [4.69, 9.17) is 0 Å². The van der Waals surface area contributed by atoms with E-state index in [1.807, 2.05) is 56.3 Å². The molecule has 0 aliphatic carbocycles. The Balaban J connectivity index is 1.79. The second-order valence-corrected chi connectivity index (χ2v) is 6.24. The number of amides is 2. The lowest BCUT2D eigenvalue weighted by atomic mass is 9.95. The Hall–Kier alpha value is -3.27. The molecule has 0 aromatic heterocycles. The molecule has 1 aliphatic heterocycles. The number of benzene rings is 3. The average molecular weight is 328 g/mol. The Morgan fingerprint density at radius 1 is 0.880 bits per heavy atom. The molecule has 1 heterocycles. The van der Waals surface area contributed by atoms with Crippen molar-refractivity contribution in [1.82, 2.24) is 5.01 Å². The van der Waals surface area contributed by atoms with Crippen LogP contribution in [0.3, 0.4) is 0 Å². The summed E-state index contributed by atoms with van der Waals surface area (Å²) >= 11 is 0. The molecule has 1 aliphatic rings. The van der Waals surface area contributed by atoms with Crippen molar-refractivity contribution >= 4 is 28.8 Å². The van der Waals surface area contributed by atoms with Gasteiger partial charge in [0, 0.05) is 5.39 Å². The Morgan fingerprint density at radius 2 is 1.52 bits per heavy atom. The van der Waals surface area contributed by atoms with Crippen molar-refractivity contribution in [3.05, 3.63) is 82.4 Å². The molecule has 0 fully saturated rings. The molecule has 4 rings (SSSR count). The van der Waals surface area contributed by atoms with E-state index in [1.54, 1.807) is 18.3 Å². The molecule has 0 spiro atoms. The van der Waals surface area contributed by atoms with Crippen LogP contribution in [0.5, 0.6) is 0 Å². The molecule has 3 aromatic rings. The lowest BCUT2D eigenvalue weighted by Crippen LogP contribution is -2.36. The maximum Gasteiger partial charge on any atom is 0.282 e. The fourth-order valence-electron chi connectivity index (χ4n) is 3.21. The number of carbonyl (C=O) groups is 2. The molecule has 0 N–H and O–H groups in total. The van der Waals surface area contributed by atoms with Crippen molar-refractivity contribution in [2.24, 2.45) is 5.10 Å². The smallest absolute Gasteiger partial charge is 0.267 e. The third-order valence-corrected chi connectivity index (χ3v) is 4.49. The van der Waals surface area contributed by atoms with Crippen LogP contribution in [0.25, 0.3) is 10.8 Å². The van der Waals surface area contributed by atoms with Gasteiger partial charge in [-0.05, 0) is 42.5 Å². The number of nitrogens with zero attached hydrogens (tertiary/aromatic N) is 2. The van der Waals surface area contributed by atoms with Crippen LogP contribution >= 0.6 is 0 Å². The molecule has 4 heteroatoms. The van der Waals surface area contributed by atoms with Crippen LogP contribution in [0, 0.1) is 13.8 Å². The van der Waals surface area contributed by atoms with Gasteiger partial charge in [-0.2, -0.15) is 10.1 Å². The van der Waals surface area contributed by atoms with E-state index in [9.17, 15) is 9.59 Å². The van der Waals surface area contributed by atoms with E-state index < -0.39 is 11.8 Å². The second-order valence-electron chi connectivity index (χ2n) is 6.24. The van der Waals surface area contributed by atoms with E-state index in [-0.39, 0.29) is 0 Å². The van der Waals surface area contributed by atoms with Gasteiger partial charge in [-0.1, -0.05) is 48.0 Å². The molecule has 3 aromatic carbocycles. The maximum atomic E-state index is 12.8. The number of imide groups is 1. The predicted octanol–water partition coefficient (Wildman–Crippen LogP) is 4.09. The maximum absolute atomic E-state index is 12.8. The largest absolute Gasteiger partial charge is 0.282 e. The highest BCUT2D eigenvalue weighted by Crippen LogP contribution is 2.30. The average Bonchev–Trinajstić information content (AvgIpc) is 2.61. The SMILES string of the molecule is Cc1ccc(/C=N\N2C(=O)c3cccc4cccc(c34)C2=O)c(C)c1. The van der Waals surface area contributed by atoms with Crippen molar-refractivity contribution in [2.75, 3.05) is 0 Å². The van der Waals surface area contributed by atoms with Gasteiger partial charge in [0.25, 0.3) is 11.8 Å². The van der Waals surface area contributed by atoms with Crippen molar-refractivity contribution in [3.63, 3.8) is 0 Å². The van der Waals surface area contributed by atoms with Gasteiger partial charge in [0.15, 0.2) is 0 Å². The highest BCUT2D eigenvalue weighted by molar-refractivity contribution is 6.25. The summed E-state index contributed by atoms with van der Waals surface area (Å²) in [5.41, 5.74) is 4.09. The number of aryl methyl sites for hydroxylation is 2. The zero-order valence-corrected chi connectivity index (χ0v) is 14.0. The first-order valence-corrected chi connectivity index (χ1v) is 8.08. The van der Waals surface area contributed by atoms with Crippen LogP contribution in [0.15, 0.2) is 59.7 Å². The van der Waals surface area contributed by atoms with Crippen LogP contribution < -0.4 is 0 Å². The summed E-state index contributed by atoms with van der Waals surface area (Å²) in [6.07, 6.45) is 1.57. The normalized spacial score (nSPS) is 13.9. The Morgan fingerprint density at radius 3 is 2.12 bits per heavy atom. The molecule has 4 nitrogen and oxygen atoms in total. The summed E-state index contributed by atoms with van der Waals surface area (Å²) in [4.78, 5) is 25.5. The highest BCUT2D eigenvalue weighted by atomic mass is 16.2. The van der Waals surface area contributed by atoms with Gasteiger partial charge in [-0.25, -0.2) is 0 Å². The van der Waals surface area contributed by atoms with Crippen LogP contribution in [-0.2, 0) is 0 Å². The molecule has 0 unspecified atom stereocenters. The third-order valence-electron chi connectivity index (χ3n) is 4.49. The summed E-state index contributed by atoms with van der Waals surface area (Å²) in [5, 5.41) is 6.75. The summed E-state index contributed by atoms with van der Waals surface area (Å²) < 4.78 is 0. The first-order chi connectivity index (χ1) is 12.1. The van der Waals surface area contributed by atoms with Crippen molar-refractivity contribution in [3.8, 4) is 0 Å². The summed E-state index contributed by atoms with van der Waals surface area (Å²) in [6.45, 7) is 3.99. The van der Waals surface area contributed by atoms with Gasteiger partial charge in [-0.3, -0.25) is 9.59 Å². The minimum Gasteiger partial charge on any atom is -0.267 e. The molecule has 25 heavy (non-hydrogen) atoms. The lowest BCUT2D eigenvalue weighted by Gasteiger charge is -2.23. The second kappa shape index (κ2) is 5.67. The number of hydrazone groups is 1. The van der Waals surface area contributed by atoms with E-state index in [2.05, 4.69) is 5.10 Å². The van der Waals surface area contributed by atoms with Crippen molar-refractivity contribution < 1.29 is 9.59 Å². The molecule has 122 valence electrons. The minimum atomic E-state index is -0.393. The zero-order valence-electron chi connectivity index (χ0n) is 14.0. The number of carbonyl (C=O) groups excluding carboxylic acids is 2. The standard InChI is InChI=1S/C21H16N2O2/c1-13-9-10-16(14(2)11-13)12-22-23-20(24)17-7-3-5-15-6-4-8-18(19(15)17)21(23)25/h3-12H,1-2H3/b22-12-. The number of hydrogen-bond acceptors (Lipinski definition) is 3.